The Morgan fingerprint density at radius 3 is 1.53 bits per heavy atom. The molecule has 1 aromatic rings. The first-order valence-corrected chi connectivity index (χ1v) is 4.73. The second-order valence-electron chi connectivity index (χ2n) is 3.23. The van der Waals surface area contributed by atoms with Crippen LogP contribution in [0.25, 0.3) is 0 Å². The molecule has 0 aromatic heterocycles. The second-order valence-corrected chi connectivity index (χ2v) is 3.50. The Balaban J connectivity index is 3.53. The molecule has 0 spiro atoms. The average Bonchev–Trinajstić information content (AvgIpc) is 2.14. The van der Waals surface area contributed by atoms with Gasteiger partial charge in [-0.25, -0.2) is 0 Å². The Hall–Kier alpha value is -1.11. The van der Waals surface area contributed by atoms with E-state index in [1.807, 2.05) is 0 Å². The number of halogens is 7. The van der Waals surface area contributed by atoms with E-state index in [0.29, 0.717) is 12.1 Å². The largest absolute Gasteiger partial charge is 0.418 e. The number of anilines is 1. The molecular weight excluding hydrogens is 272 g/mol. The molecule has 0 aliphatic carbocycles. The molecule has 0 bridgehead atoms. The number of alkyl halides is 7. The third-order valence-electron chi connectivity index (χ3n) is 2.00. The fraction of sp³-hybridized carbons (Fsp3) is 0.333. The van der Waals surface area contributed by atoms with Crippen LogP contribution < -0.4 is 5.73 Å². The molecule has 0 aliphatic rings. The summed E-state index contributed by atoms with van der Waals surface area (Å²) >= 11 is 5.25. The van der Waals surface area contributed by atoms with Crippen molar-refractivity contribution < 1.29 is 26.3 Å². The van der Waals surface area contributed by atoms with Gasteiger partial charge in [0.2, 0.25) is 0 Å². The molecule has 0 radical (unpaired) electrons. The van der Waals surface area contributed by atoms with E-state index in [0.717, 1.165) is 0 Å². The van der Waals surface area contributed by atoms with Crippen molar-refractivity contribution in [1.29, 1.82) is 0 Å². The summed E-state index contributed by atoms with van der Waals surface area (Å²) in [5, 5.41) is 0. The van der Waals surface area contributed by atoms with Crippen LogP contribution in [0.15, 0.2) is 12.1 Å². The number of nitrogens with two attached hydrogens (primary N) is 1. The molecule has 2 N–H and O–H groups in total. The Kier molecular flexibility index (Phi) is 3.52. The average molecular weight is 278 g/mol. The molecule has 1 rings (SSSR count). The van der Waals surface area contributed by atoms with Crippen molar-refractivity contribution in [1.82, 2.24) is 0 Å². The van der Waals surface area contributed by atoms with Gasteiger partial charge in [-0.3, -0.25) is 0 Å². The Bertz CT molecular complexity index is 387. The predicted molar refractivity (Wildman–Crippen MR) is 50.4 cm³/mol. The van der Waals surface area contributed by atoms with Crippen molar-refractivity contribution in [3.63, 3.8) is 0 Å². The Morgan fingerprint density at radius 1 is 0.941 bits per heavy atom. The molecule has 0 amide bonds. The zero-order valence-corrected chi connectivity index (χ0v) is 8.84. The van der Waals surface area contributed by atoms with E-state index < -0.39 is 35.0 Å². The Labute approximate surface area is 97.2 Å². The monoisotopic (exact) mass is 277 g/mol. The van der Waals surface area contributed by atoms with E-state index in [9.17, 15) is 26.3 Å². The zero-order chi connectivity index (χ0) is 13.4. The van der Waals surface area contributed by atoms with Crippen molar-refractivity contribution in [2.75, 3.05) is 5.73 Å². The fourth-order valence-electron chi connectivity index (χ4n) is 1.26. The number of hydrogen-bond donors (Lipinski definition) is 1. The van der Waals surface area contributed by atoms with E-state index in [1.165, 1.54) is 0 Å². The smallest absolute Gasteiger partial charge is 0.398 e. The predicted octanol–water partition coefficient (Wildman–Crippen LogP) is 4.05. The van der Waals surface area contributed by atoms with Crippen LogP contribution in [0.2, 0.25) is 0 Å². The topological polar surface area (TPSA) is 26.0 Å². The summed E-state index contributed by atoms with van der Waals surface area (Å²) in [7, 11) is 0. The summed E-state index contributed by atoms with van der Waals surface area (Å²) in [4.78, 5) is 0. The molecular formula is C9H6ClF6N. The van der Waals surface area contributed by atoms with Gasteiger partial charge < -0.3 is 5.73 Å². The van der Waals surface area contributed by atoms with Crippen LogP contribution in [0.1, 0.15) is 16.7 Å². The maximum absolute atomic E-state index is 12.4. The van der Waals surface area contributed by atoms with E-state index in [4.69, 9.17) is 17.3 Å². The molecule has 1 aromatic carbocycles. The van der Waals surface area contributed by atoms with E-state index in [1.54, 1.807) is 0 Å². The van der Waals surface area contributed by atoms with Crippen molar-refractivity contribution in [3.8, 4) is 0 Å². The highest BCUT2D eigenvalue weighted by molar-refractivity contribution is 6.17. The number of benzene rings is 1. The van der Waals surface area contributed by atoms with Gasteiger partial charge in [0.1, 0.15) is 0 Å². The number of nitrogen functional groups attached to an aromatic ring is 1. The van der Waals surface area contributed by atoms with Gasteiger partial charge in [-0.2, -0.15) is 26.3 Å². The lowest BCUT2D eigenvalue weighted by molar-refractivity contribution is -0.141. The first-order valence-electron chi connectivity index (χ1n) is 4.20. The third-order valence-corrected chi connectivity index (χ3v) is 2.31. The molecule has 0 saturated carbocycles. The normalized spacial score (nSPS) is 12.9. The summed E-state index contributed by atoms with van der Waals surface area (Å²) in [6.45, 7) is 0. The summed E-state index contributed by atoms with van der Waals surface area (Å²) in [5.74, 6) is -0.466. The minimum Gasteiger partial charge on any atom is -0.398 e. The zero-order valence-electron chi connectivity index (χ0n) is 8.08. The molecule has 96 valence electrons. The summed E-state index contributed by atoms with van der Waals surface area (Å²) in [5.41, 5.74) is 0.220. The van der Waals surface area contributed by atoms with Crippen LogP contribution in [-0.4, -0.2) is 0 Å². The van der Waals surface area contributed by atoms with Gasteiger partial charge in [0.15, 0.2) is 0 Å². The van der Waals surface area contributed by atoms with Gasteiger partial charge in [0.25, 0.3) is 0 Å². The molecule has 0 saturated heterocycles. The molecule has 8 heteroatoms. The highest BCUT2D eigenvalue weighted by Gasteiger charge is 2.40. The van der Waals surface area contributed by atoms with Gasteiger partial charge in [-0.15, -0.1) is 11.6 Å². The van der Waals surface area contributed by atoms with Gasteiger partial charge in [0, 0.05) is 5.88 Å². The minimum absolute atomic E-state index is 0.291. The van der Waals surface area contributed by atoms with Crippen LogP contribution in [0.4, 0.5) is 32.0 Å². The van der Waals surface area contributed by atoms with Gasteiger partial charge >= 0.3 is 12.4 Å². The van der Waals surface area contributed by atoms with Crippen molar-refractivity contribution in [2.24, 2.45) is 0 Å². The maximum Gasteiger partial charge on any atom is 0.418 e. The minimum atomic E-state index is -4.95. The van der Waals surface area contributed by atoms with Crippen molar-refractivity contribution in [2.45, 2.75) is 18.2 Å². The first-order chi connectivity index (χ1) is 7.57. The van der Waals surface area contributed by atoms with Crippen LogP contribution in [0.5, 0.6) is 0 Å². The van der Waals surface area contributed by atoms with Crippen molar-refractivity contribution >= 4 is 17.3 Å². The lowest BCUT2D eigenvalue weighted by Gasteiger charge is -2.17. The summed E-state index contributed by atoms with van der Waals surface area (Å²) in [6.07, 6.45) is -9.90. The highest BCUT2D eigenvalue weighted by atomic mass is 35.5. The highest BCUT2D eigenvalue weighted by Crippen LogP contribution is 2.42. The van der Waals surface area contributed by atoms with Crippen LogP contribution in [0, 0.1) is 0 Å². The summed E-state index contributed by atoms with van der Waals surface area (Å²) in [6, 6.07) is 1.02. The van der Waals surface area contributed by atoms with Crippen LogP contribution in [0.3, 0.4) is 0 Å². The van der Waals surface area contributed by atoms with E-state index in [-0.39, 0.29) is 5.56 Å². The number of rotatable bonds is 1. The lowest BCUT2D eigenvalue weighted by Crippen LogP contribution is -2.16. The molecule has 0 heterocycles. The molecule has 0 unspecified atom stereocenters. The van der Waals surface area contributed by atoms with Crippen LogP contribution in [-0.2, 0) is 18.2 Å². The van der Waals surface area contributed by atoms with Gasteiger partial charge in [0.05, 0.1) is 16.8 Å². The van der Waals surface area contributed by atoms with Crippen LogP contribution >= 0.6 is 11.6 Å². The first kappa shape index (κ1) is 14.0. The van der Waals surface area contributed by atoms with Gasteiger partial charge in [-0.05, 0) is 17.7 Å². The quantitative estimate of drug-likeness (QED) is 0.468. The van der Waals surface area contributed by atoms with Crippen molar-refractivity contribution in [3.05, 3.63) is 28.8 Å². The maximum atomic E-state index is 12.4. The molecule has 0 fully saturated rings. The molecule has 1 nitrogen and oxygen atoms in total. The SMILES string of the molecule is Nc1c(C(F)(F)F)cc(CCl)cc1C(F)(F)F. The second kappa shape index (κ2) is 4.29. The number of hydrogen-bond acceptors (Lipinski definition) is 1. The Morgan fingerprint density at radius 2 is 1.29 bits per heavy atom. The van der Waals surface area contributed by atoms with Gasteiger partial charge in [-0.1, -0.05) is 0 Å². The molecule has 0 atom stereocenters. The standard InChI is InChI=1S/C9H6ClF6N/c10-3-4-1-5(8(11,12)13)7(17)6(2-4)9(14,15)16/h1-2H,3,17H2. The molecule has 17 heavy (non-hydrogen) atoms. The molecule has 0 aliphatic heterocycles. The summed E-state index contributed by atoms with van der Waals surface area (Å²) < 4.78 is 74.7. The van der Waals surface area contributed by atoms with E-state index in [2.05, 4.69) is 0 Å². The van der Waals surface area contributed by atoms with E-state index >= 15 is 0 Å². The fourth-order valence-corrected chi connectivity index (χ4v) is 1.41. The third kappa shape index (κ3) is 2.96. The lowest BCUT2D eigenvalue weighted by atomic mass is 10.0.